The fourth-order valence-electron chi connectivity index (χ4n) is 2.35. The summed E-state index contributed by atoms with van der Waals surface area (Å²) >= 11 is 3.37. The van der Waals surface area contributed by atoms with Crippen LogP contribution in [0.4, 0.5) is 5.69 Å². The average molecular weight is 309 g/mol. The minimum atomic E-state index is -0.753. The summed E-state index contributed by atoms with van der Waals surface area (Å²) in [5, 5.41) is 18.0. The molecule has 4 nitrogen and oxygen atoms in total. The third-order valence-corrected chi connectivity index (χ3v) is 3.85. The fraction of sp³-hybridized carbons (Fsp3) is 0.385. The molecule has 2 rings (SSSR count). The van der Waals surface area contributed by atoms with E-state index in [4.69, 9.17) is 5.11 Å². The van der Waals surface area contributed by atoms with Crippen molar-refractivity contribution in [2.24, 2.45) is 5.92 Å². The van der Waals surface area contributed by atoms with E-state index in [1.165, 1.54) is 0 Å². The first-order valence-electron chi connectivity index (χ1n) is 5.77. The van der Waals surface area contributed by atoms with Gasteiger partial charge in [0.1, 0.15) is 6.07 Å². The van der Waals surface area contributed by atoms with Gasteiger partial charge in [-0.05, 0) is 40.4 Å². The molecule has 18 heavy (non-hydrogen) atoms. The molecule has 1 aromatic carbocycles. The molecule has 1 aromatic rings. The standard InChI is InChI=1S/C13H13BrN2O2/c14-11-2-1-3-12(10(11)7-15)16-5-4-9(8-16)6-13(17)18/h1-3,9H,4-6,8H2,(H,17,18). The highest BCUT2D eigenvalue weighted by molar-refractivity contribution is 9.10. The number of halogens is 1. The summed E-state index contributed by atoms with van der Waals surface area (Å²) in [5.74, 6) is -0.579. The van der Waals surface area contributed by atoms with Crippen LogP contribution in [-0.2, 0) is 4.79 Å². The van der Waals surface area contributed by atoms with Gasteiger partial charge in [0.25, 0.3) is 0 Å². The quantitative estimate of drug-likeness (QED) is 0.932. The second-order valence-electron chi connectivity index (χ2n) is 4.44. The molecule has 1 atom stereocenters. The summed E-state index contributed by atoms with van der Waals surface area (Å²) < 4.78 is 0.782. The lowest BCUT2D eigenvalue weighted by Crippen LogP contribution is -2.21. The van der Waals surface area contributed by atoms with Crippen LogP contribution in [0.25, 0.3) is 0 Å². The van der Waals surface area contributed by atoms with Gasteiger partial charge in [-0.1, -0.05) is 6.07 Å². The van der Waals surface area contributed by atoms with Crippen LogP contribution in [0.5, 0.6) is 0 Å². The Morgan fingerprint density at radius 3 is 3.06 bits per heavy atom. The van der Waals surface area contributed by atoms with Crippen molar-refractivity contribution in [3.63, 3.8) is 0 Å². The van der Waals surface area contributed by atoms with E-state index < -0.39 is 5.97 Å². The molecular weight excluding hydrogens is 296 g/mol. The number of carboxylic acid groups (broad SMARTS) is 1. The molecule has 0 radical (unpaired) electrons. The van der Waals surface area contributed by atoms with Gasteiger partial charge in [-0.3, -0.25) is 4.79 Å². The zero-order valence-electron chi connectivity index (χ0n) is 9.77. The first kappa shape index (κ1) is 12.9. The maximum absolute atomic E-state index is 10.7. The van der Waals surface area contributed by atoms with Crippen LogP contribution >= 0.6 is 15.9 Å². The minimum absolute atomic E-state index is 0.174. The van der Waals surface area contributed by atoms with Crippen molar-refractivity contribution >= 4 is 27.6 Å². The van der Waals surface area contributed by atoms with Gasteiger partial charge in [0, 0.05) is 24.0 Å². The highest BCUT2D eigenvalue weighted by Crippen LogP contribution is 2.31. The first-order valence-corrected chi connectivity index (χ1v) is 6.56. The first-order chi connectivity index (χ1) is 8.61. The lowest BCUT2D eigenvalue weighted by molar-refractivity contribution is -0.137. The molecule has 0 spiro atoms. The Morgan fingerprint density at radius 1 is 1.61 bits per heavy atom. The topological polar surface area (TPSA) is 64.3 Å². The minimum Gasteiger partial charge on any atom is -0.481 e. The zero-order chi connectivity index (χ0) is 13.1. The van der Waals surface area contributed by atoms with Crippen LogP contribution in [-0.4, -0.2) is 24.2 Å². The van der Waals surface area contributed by atoms with Crippen LogP contribution in [0.2, 0.25) is 0 Å². The third kappa shape index (κ3) is 2.65. The predicted octanol–water partition coefficient (Wildman–Crippen LogP) is 2.62. The van der Waals surface area contributed by atoms with Gasteiger partial charge < -0.3 is 10.0 Å². The molecule has 1 unspecified atom stereocenters. The lowest BCUT2D eigenvalue weighted by Gasteiger charge is -2.20. The molecule has 0 aliphatic carbocycles. The predicted molar refractivity (Wildman–Crippen MR) is 71.4 cm³/mol. The molecule has 1 heterocycles. The Bertz CT molecular complexity index is 510. The Kier molecular flexibility index (Phi) is 3.87. The molecular formula is C13H13BrN2O2. The number of carbonyl (C=O) groups is 1. The number of rotatable bonds is 3. The number of anilines is 1. The van der Waals surface area contributed by atoms with Crippen LogP contribution in [0.3, 0.4) is 0 Å². The van der Waals surface area contributed by atoms with Gasteiger partial charge in [-0.15, -0.1) is 0 Å². The van der Waals surface area contributed by atoms with E-state index in [1.807, 2.05) is 18.2 Å². The van der Waals surface area contributed by atoms with Crippen molar-refractivity contribution in [1.29, 1.82) is 5.26 Å². The monoisotopic (exact) mass is 308 g/mol. The number of carboxylic acids is 1. The summed E-state index contributed by atoms with van der Waals surface area (Å²) in [6.45, 7) is 1.51. The molecule has 0 bridgehead atoms. The number of nitriles is 1. The summed E-state index contributed by atoms with van der Waals surface area (Å²) in [5.41, 5.74) is 1.51. The Hall–Kier alpha value is -1.54. The molecule has 5 heteroatoms. The Morgan fingerprint density at radius 2 is 2.39 bits per heavy atom. The second kappa shape index (κ2) is 5.40. The van der Waals surface area contributed by atoms with Crippen LogP contribution in [0.1, 0.15) is 18.4 Å². The van der Waals surface area contributed by atoms with Gasteiger partial charge in [-0.2, -0.15) is 5.26 Å². The summed E-state index contributed by atoms with van der Waals surface area (Å²) in [6, 6.07) is 7.83. The summed E-state index contributed by atoms with van der Waals surface area (Å²) in [7, 11) is 0. The Labute approximate surface area is 114 Å². The van der Waals surface area contributed by atoms with E-state index in [1.54, 1.807) is 0 Å². The van der Waals surface area contributed by atoms with Crippen molar-refractivity contribution in [3.8, 4) is 6.07 Å². The summed E-state index contributed by atoms with van der Waals surface area (Å²) in [4.78, 5) is 12.8. The maximum atomic E-state index is 10.7. The number of aliphatic carboxylic acids is 1. The molecule has 0 aromatic heterocycles. The summed E-state index contributed by atoms with van der Waals surface area (Å²) in [6.07, 6.45) is 1.07. The maximum Gasteiger partial charge on any atom is 0.303 e. The Balaban J connectivity index is 2.17. The van der Waals surface area contributed by atoms with Gasteiger partial charge in [-0.25, -0.2) is 0 Å². The number of hydrogen-bond acceptors (Lipinski definition) is 3. The van der Waals surface area contributed by atoms with Crippen molar-refractivity contribution in [2.75, 3.05) is 18.0 Å². The van der Waals surface area contributed by atoms with Gasteiger partial charge in [0.05, 0.1) is 11.3 Å². The molecule has 94 valence electrons. The number of hydrogen-bond donors (Lipinski definition) is 1. The zero-order valence-corrected chi connectivity index (χ0v) is 11.4. The number of benzene rings is 1. The lowest BCUT2D eigenvalue weighted by atomic mass is 10.1. The molecule has 1 aliphatic rings. The molecule has 0 saturated carbocycles. The molecule has 0 amide bonds. The highest BCUT2D eigenvalue weighted by Gasteiger charge is 2.26. The smallest absolute Gasteiger partial charge is 0.303 e. The van der Waals surface area contributed by atoms with Crippen molar-refractivity contribution in [1.82, 2.24) is 0 Å². The van der Waals surface area contributed by atoms with E-state index in [9.17, 15) is 10.1 Å². The highest BCUT2D eigenvalue weighted by atomic mass is 79.9. The van der Waals surface area contributed by atoms with Gasteiger partial charge in [0.15, 0.2) is 0 Å². The van der Waals surface area contributed by atoms with Crippen LogP contribution in [0, 0.1) is 17.2 Å². The van der Waals surface area contributed by atoms with Crippen molar-refractivity contribution < 1.29 is 9.90 Å². The molecule has 1 fully saturated rings. The van der Waals surface area contributed by atoms with E-state index in [0.29, 0.717) is 12.1 Å². The largest absolute Gasteiger partial charge is 0.481 e. The average Bonchev–Trinajstić information content (AvgIpc) is 2.76. The van der Waals surface area contributed by atoms with Crippen molar-refractivity contribution in [2.45, 2.75) is 12.8 Å². The van der Waals surface area contributed by atoms with E-state index >= 15 is 0 Å². The molecule has 1 N–H and O–H groups in total. The van der Waals surface area contributed by atoms with E-state index in [2.05, 4.69) is 26.9 Å². The number of nitrogens with zero attached hydrogens (tertiary/aromatic N) is 2. The fourth-order valence-corrected chi connectivity index (χ4v) is 2.80. The van der Waals surface area contributed by atoms with E-state index in [0.717, 1.165) is 23.1 Å². The molecule has 1 saturated heterocycles. The molecule has 1 aliphatic heterocycles. The van der Waals surface area contributed by atoms with Crippen LogP contribution < -0.4 is 4.90 Å². The van der Waals surface area contributed by atoms with Crippen molar-refractivity contribution in [3.05, 3.63) is 28.2 Å². The van der Waals surface area contributed by atoms with Gasteiger partial charge >= 0.3 is 5.97 Å². The second-order valence-corrected chi connectivity index (χ2v) is 5.30. The SMILES string of the molecule is N#Cc1c(Br)cccc1N1CCC(CC(=O)O)C1. The third-order valence-electron chi connectivity index (χ3n) is 3.19. The van der Waals surface area contributed by atoms with Gasteiger partial charge in [0.2, 0.25) is 0 Å². The van der Waals surface area contributed by atoms with Crippen LogP contribution in [0.15, 0.2) is 22.7 Å². The normalized spacial score (nSPS) is 18.7. The van der Waals surface area contributed by atoms with E-state index in [-0.39, 0.29) is 12.3 Å².